The predicted molar refractivity (Wildman–Crippen MR) is 144 cm³/mol. The first-order valence-corrected chi connectivity index (χ1v) is 12.9. The number of aryl methyl sites for hydroxylation is 1. The van der Waals surface area contributed by atoms with Crippen molar-refractivity contribution >= 4 is 51.9 Å². The van der Waals surface area contributed by atoms with Gasteiger partial charge in [-0.3, -0.25) is 9.69 Å². The molecule has 1 fully saturated rings. The third-order valence-corrected chi connectivity index (χ3v) is 6.97. The lowest BCUT2D eigenvalue weighted by molar-refractivity contribution is -0.121. The number of rotatable bonds is 10. The van der Waals surface area contributed by atoms with Crippen LogP contribution in [0.2, 0.25) is 5.02 Å². The molecule has 34 heavy (non-hydrogen) atoms. The van der Waals surface area contributed by atoms with Crippen LogP contribution in [0.3, 0.4) is 0 Å². The van der Waals surface area contributed by atoms with E-state index in [1.54, 1.807) is 19.2 Å². The first kappa shape index (κ1) is 26.4. The van der Waals surface area contributed by atoms with Crippen LogP contribution in [0.4, 0.5) is 0 Å². The average Bonchev–Trinajstić information content (AvgIpc) is 3.01. The fourth-order valence-corrected chi connectivity index (χ4v) is 4.88. The van der Waals surface area contributed by atoms with Crippen LogP contribution in [0, 0.1) is 6.92 Å². The molecule has 0 unspecified atom stereocenters. The maximum absolute atomic E-state index is 12.3. The molecule has 1 saturated heterocycles. The molecule has 0 atom stereocenters. The average molecular weight is 520 g/mol. The van der Waals surface area contributed by atoms with Crippen LogP contribution in [0.15, 0.2) is 35.2 Å². The van der Waals surface area contributed by atoms with Gasteiger partial charge in [-0.1, -0.05) is 61.6 Å². The Morgan fingerprint density at radius 1 is 1.12 bits per heavy atom. The maximum Gasteiger partial charge on any atom is 0.265 e. The van der Waals surface area contributed by atoms with Gasteiger partial charge in [0.2, 0.25) is 0 Å². The number of benzene rings is 2. The Kier molecular flexibility index (Phi) is 9.28. The van der Waals surface area contributed by atoms with Crippen molar-refractivity contribution in [1.29, 1.82) is 0 Å². The van der Waals surface area contributed by atoms with E-state index in [1.165, 1.54) is 27.8 Å². The van der Waals surface area contributed by atoms with Crippen LogP contribution in [0.5, 0.6) is 17.2 Å². The van der Waals surface area contributed by atoms with Gasteiger partial charge in [0.15, 0.2) is 11.5 Å². The lowest BCUT2D eigenvalue weighted by atomic mass is 10.0. The number of likely N-dealkylation sites (N-methyl/N-ethyl adjacent to an activating group) is 1. The topological polar surface area (TPSA) is 48.0 Å². The second-order valence-corrected chi connectivity index (χ2v) is 10.3. The zero-order chi connectivity index (χ0) is 24.8. The van der Waals surface area contributed by atoms with Gasteiger partial charge in [0.25, 0.3) is 5.91 Å². The molecule has 0 aliphatic carbocycles. The molecule has 0 bridgehead atoms. The zero-order valence-electron chi connectivity index (χ0n) is 20.1. The van der Waals surface area contributed by atoms with Crippen molar-refractivity contribution in [1.82, 2.24) is 4.90 Å². The van der Waals surface area contributed by atoms with E-state index in [-0.39, 0.29) is 5.91 Å². The third-order valence-electron chi connectivity index (χ3n) is 5.20. The molecule has 1 heterocycles. The molecule has 0 saturated carbocycles. The number of nitrogens with zero attached hydrogens (tertiary/aromatic N) is 1. The summed E-state index contributed by atoms with van der Waals surface area (Å²) in [6.07, 6.45) is 2.46. The molecule has 2 aromatic rings. The summed E-state index contributed by atoms with van der Waals surface area (Å²) in [7, 11) is 1.67. The highest BCUT2D eigenvalue weighted by atomic mass is 35.5. The van der Waals surface area contributed by atoms with Crippen molar-refractivity contribution in [2.24, 2.45) is 0 Å². The standard InChI is InChI=1S/C26H30ClNO4S2/c1-6-30-22-14-18(15-23-25(29)28(5)26(33)34-23)13-20(27)24(22)32-11-7-10-31-21-12-17(4)8-9-19(21)16(2)3/h8-9,12-16H,6-7,10-11H2,1-5H3/b23-15+. The van der Waals surface area contributed by atoms with E-state index in [9.17, 15) is 4.79 Å². The summed E-state index contributed by atoms with van der Waals surface area (Å²) in [6.45, 7) is 9.69. The molecule has 0 aromatic heterocycles. The third kappa shape index (κ3) is 6.46. The summed E-state index contributed by atoms with van der Waals surface area (Å²) >= 11 is 13.0. The van der Waals surface area contributed by atoms with Crippen LogP contribution >= 0.6 is 35.6 Å². The van der Waals surface area contributed by atoms with Crippen LogP contribution in [-0.2, 0) is 4.79 Å². The Bertz CT molecular complexity index is 1100. The van der Waals surface area contributed by atoms with E-state index in [4.69, 9.17) is 38.0 Å². The molecule has 0 radical (unpaired) electrons. The van der Waals surface area contributed by atoms with Crippen LogP contribution in [0.1, 0.15) is 49.8 Å². The SMILES string of the molecule is CCOc1cc(/C=C2/SC(=S)N(C)C2=O)cc(Cl)c1OCCCOc1cc(C)ccc1C(C)C. The number of thioether (sulfide) groups is 1. The fraction of sp³-hybridized carbons (Fsp3) is 0.385. The molecule has 8 heteroatoms. The lowest BCUT2D eigenvalue weighted by Crippen LogP contribution is -2.22. The number of hydrogen-bond acceptors (Lipinski definition) is 6. The van der Waals surface area contributed by atoms with E-state index in [1.807, 2.05) is 13.0 Å². The van der Waals surface area contributed by atoms with Gasteiger partial charge < -0.3 is 14.2 Å². The molecule has 3 rings (SSSR count). The molecule has 0 spiro atoms. The Morgan fingerprint density at radius 2 is 1.85 bits per heavy atom. The molecular weight excluding hydrogens is 490 g/mol. The molecular formula is C26H30ClNO4S2. The van der Waals surface area contributed by atoms with Crippen molar-refractivity contribution in [3.63, 3.8) is 0 Å². The Hall–Kier alpha value is -2.22. The molecule has 2 aromatic carbocycles. The Labute approximate surface area is 216 Å². The van der Waals surface area contributed by atoms with Gasteiger partial charge in [0.05, 0.1) is 29.7 Å². The van der Waals surface area contributed by atoms with Gasteiger partial charge in [-0.15, -0.1) is 0 Å². The number of thiocarbonyl (C=S) groups is 1. The van der Waals surface area contributed by atoms with Crippen molar-refractivity contribution in [2.45, 2.75) is 40.0 Å². The van der Waals surface area contributed by atoms with Crippen LogP contribution in [0.25, 0.3) is 6.08 Å². The molecule has 1 amide bonds. The Balaban J connectivity index is 1.65. The zero-order valence-corrected chi connectivity index (χ0v) is 22.5. The summed E-state index contributed by atoms with van der Waals surface area (Å²) in [4.78, 5) is 14.3. The summed E-state index contributed by atoms with van der Waals surface area (Å²) in [5.74, 6) is 2.21. The van der Waals surface area contributed by atoms with Gasteiger partial charge >= 0.3 is 0 Å². The summed E-state index contributed by atoms with van der Waals surface area (Å²) in [6, 6.07) is 9.90. The second-order valence-electron chi connectivity index (χ2n) is 8.25. The monoisotopic (exact) mass is 519 g/mol. The van der Waals surface area contributed by atoms with Crippen molar-refractivity contribution in [3.8, 4) is 17.2 Å². The van der Waals surface area contributed by atoms with E-state index in [0.717, 1.165) is 11.3 Å². The second kappa shape index (κ2) is 12.0. The van der Waals surface area contributed by atoms with Crippen molar-refractivity contribution < 1.29 is 19.0 Å². The van der Waals surface area contributed by atoms with E-state index in [2.05, 4.69) is 39.0 Å². The highest BCUT2D eigenvalue weighted by molar-refractivity contribution is 8.26. The quantitative estimate of drug-likeness (QED) is 0.194. The number of carbonyl (C=O) groups is 1. The van der Waals surface area contributed by atoms with Gasteiger partial charge in [-0.25, -0.2) is 0 Å². The minimum atomic E-state index is -0.126. The molecule has 1 aliphatic rings. The fourth-order valence-electron chi connectivity index (χ4n) is 3.43. The van der Waals surface area contributed by atoms with E-state index >= 15 is 0 Å². The largest absolute Gasteiger partial charge is 0.493 e. The normalized spacial score (nSPS) is 14.9. The predicted octanol–water partition coefficient (Wildman–Crippen LogP) is 6.85. The molecule has 182 valence electrons. The minimum absolute atomic E-state index is 0.126. The van der Waals surface area contributed by atoms with Crippen LogP contribution < -0.4 is 14.2 Å². The van der Waals surface area contributed by atoms with E-state index in [0.29, 0.717) is 57.9 Å². The minimum Gasteiger partial charge on any atom is -0.493 e. The van der Waals surface area contributed by atoms with Gasteiger partial charge in [-0.05, 0) is 60.7 Å². The van der Waals surface area contributed by atoms with Gasteiger partial charge in [0, 0.05) is 13.5 Å². The number of carbonyl (C=O) groups excluding carboxylic acids is 1. The van der Waals surface area contributed by atoms with E-state index < -0.39 is 0 Å². The molecule has 5 nitrogen and oxygen atoms in total. The van der Waals surface area contributed by atoms with Gasteiger partial charge in [-0.2, -0.15) is 0 Å². The lowest BCUT2D eigenvalue weighted by Gasteiger charge is -2.16. The number of hydrogen-bond donors (Lipinski definition) is 0. The molecule has 1 aliphatic heterocycles. The number of amides is 1. The first-order chi connectivity index (χ1) is 16.2. The number of ether oxygens (including phenoxy) is 3. The summed E-state index contributed by atoms with van der Waals surface area (Å²) in [5, 5.41) is 0.422. The highest BCUT2D eigenvalue weighted by Gasteiger charge is 2.28. The summed E-state index contributed by atoms with van der Waals surface area (Å²) < 4.78 is 18.3. The first-order valence-electron chi connectivity index (χ1n) is 11.2. The van der Waals surface area contributed by atoms with Crippen molar-refractivity contribution in [2.75, 3.05) is 26.9 Å². The highest BCUT2D eigenvalue weighted by Crippen LogP contribution is 2.39. The van der Waals surface area contributed by atoms with Crippen LogP contribution in [-0.4, -0.2) is 42.0 Å². The van der Waals surface area contributed by atoms with Crippen molar-refractivity contribution in [3.05, 3.63) is 56.9 Å². The summed E-state index contributed by atoms with van der Waals surface area (Å²) in [5.41, 5.74) is 3.12. The smallest absolute Gasteiger partial charge is 0.265 e. The molecule has 0 N–H and O–H groups in total. The maximum atomic E-state index is 12.3. The Morgan fingerprint density at radius 3 is 2.50 bits per heavy atom. The van der Waals surface area contributed by atoms with Gasteiger partial charge in [0.1, 0.15) is 10.1 Å². The number of halogens is 1.